The van der Waals surface area contributed by atoms with Gasteiger partial charge in [-0.05, 0) is 52.9 Å². The van der Waals surface area contributed by atoms with Crippen LogP contribution in [-0.4, -0.2) is 33.7 Å². The Morgan fingerprint density at radius 2 is 1.90 bits per heavy atom. The number of nitrogens with zero attached hydrogens (tertiary/aromatic N) is 4. The normalized spacial score (nSPS) is 29.3. The molecule has 1 unspecified atom stereocenters. The lowest BCUT2D eigenvalue weighted by Crippen LogP contribution is -2.69. The molecule has 0 spiro atoms. The molecule has 29 heavy (non-hydrogen) atoms. The highest BCUT2D eigenvalue weighted by Gasteiger charge is 2.73. The predicted octanol–water partition coefficient (Wildman–Crippen LogP) is 4.03. The van der Waals surface area contributed by atoms with Crippen molar-refractivity contribution in [3.8, 4) is 5.88 Å². The molecule has 1 aliphatic heterocycles. The summed E-state index contributed by atoms with van der Waals surface area (Å²) in [6, 6.07) is 4.59. The van der Waals surface area contributed by atoms with E-state index in [1.54, 1.807) is 12.3 Å². The van der Waals surface area contributed by atoms with E-state index in [4.69, 9.17) is 4.74 Å². The second-order valence-corrected chi connectivity index (χ2v) is 8.99. The van der Waals surface area contributed by atoms with Crippen molar-refractivity contribution in [3.63, 3.8) is 0 Å². The van der Waals surface area contributed by atoms with Crippen LogP contribution in [0.3, 0.4) is 0 Å². The second kappa shape index (κ2) is 6.55. The van der Waals surface area contributed by atoms with Crippen molar-refractivity contribution in [1.29, 1.82) is 0 Å². The summed E-state index contributed by atoms with van der Waals surface area (Å²) in [4.78, 5) is 21.2. The van der Waals surface area contributed by atoms with Gasteiger partial charge in [0.1, 0.15) is 22.6 Å². The Balaban J connectivity index is 1.24. The third-order valence-electron chi connectivity index (χ3n) is 6.04. The monoisotopic (exact) mass is 462 g/mol. The maximum absolute atomic E-state index is 13.6. The van der Waals surface area contributed by atoms with Gasteiger partial charge in [0, 0.05) is 30.2 Å². The number of rotatable bonds is 5. The van der Waals surface area contributed by atoms with E-state index in [1.165, 1.54) is 23.5 Å². The second-order valence-electron chi connectivity index (χ2n) is 8.18. The minimum absolute atomic E-state index is 0.0169. The number of hydrogen-bond donors (Lipinski definition) is 0. The number of benzene rings is 1. The fourth-order valence-corrected chi connectivity index (χ4v) is 5.19. The molecule has 6 nitrogen and oxygen atoms in total. The van der Waals surface area contributed by atoms with Crippen molar-refractivity contribution < 1.29 is 18.3 Å². The highest BCUT2D eigenvalue weighted by atomic mass is 79.9. The zero-order valence-corrected chi connectivity index (χ0v) is 16.9. The minimum Gasteiger partial charge on any atom is -0.477 e. The largest absolute Gasteiger partial charge is 0.477 e. The average Bonchev–Trinajstić information content (AvgIpc) is 3.08. The molecule has 2 bridgehead atoms. The SMILES string of the molecule is O=C(N1N=CCC1c1cc(F)cc(F)c1)C12CC(COc3cc(Br)ncn3)(C1)C2. The first-order valence-corrected chi connectivity index (χ1v) is 10.1. The van der Waals surface area contributed by atoms with Crippen LogP contribution in [0.5, 0.6) is 5.88 Å². The van der Waals surface area contributed by atoms with Crippen molar-refractivity contribution >= 4 is 28.1 Å². The van der Waals surface area contributed by atoms with Gasteiger partial charge >= 0.3 is 0 Å². The standard InChI is InChI=1S/C20H17BrF2N4O2/c21-16-6-17(25-11-24-16)29-10-19-7-20(8-19,9-19)18(28)27-15(1-2-26-27)12-3-13(22)5-14(23)4-12/h2-6,11,15H,1,7-10H2. The third-order valence-corrected chi connectivity index (χ3v) is 6.47. The first-order valence-electron chi connectivity index (χ1n) is 9.31. The lowest BCUT2D eigenvalue weighted by Gasteiger charge is -2.69. The Hall–Kier alpha value is -2.42. The molecule has 150 valence electrons. The van der Waals surface area contributed by atoms with Crippen LogP contribution in [0.2, 0.25) is 0 Å². The van der Waals surface area contributed by atoms with Crippen molar-refractivity contribution in [2.45, 2.75) is 31.7 Å². The van der Waals surface area contributed by atoms with Gasteiger partial charge in [0.05, 0.1) is 18.1 Å². The molecule has 0 radical (unpaired) electrons. The topological polar surface area (TPSA) is 67.7 Å². The van der Waals surface area contributed by atoms with Gasteiger partial charge in [-0.3, -0.25) is 4.79 Å². The summed E-state index contributed by atoms with van der Waals surface area (Å²) in [5.74, 6) is -0.892. The Bertz CT molecular complexity index is 991. The van der Waals surface area contributed by atoms with Crippen molar-refractivity contribution in [2.24, 2.45) is 15.9 Å². The van der Waals surface area contributed by atoms with Crippen LogP contribution in [-0.2, 0) is 4.79 Å². The van der Waals surface area contributed by atoms with Crippen LogP contribution in [0.25, 0.3) is 0 Å². The van der Waals surface area contributed by atoms with Crippen molar-refractivity contribution in [1.82, 2.24) is 15.0 Å². The summed E-state index contributed by atoms with van der Waals surface area (Å²) >= 11 is 3.28. The third kappa shape index (κ3) is 3.11. The summed E-state index contributed by atoms with van der Waals surface area (Å²) < 4.78 is 33.7. The molecule has 1 aromatic heterocycles. The number of amides is 1. The molecule has 2 heterocycles. The van der Waals surface area contributed by atoms with E-state index in [1.807, 2.05) is 0 Å². The van der Waals surface area contributed by atoms with Gasteiger partial charge in [0.15, 0.2) is 0 Å². The van der Waals surface area contributed by atoms with E-state index in [2.05, 4.69) is 31.0 Å². The van der Waals surface area contributed by atoms with E-state index < -0.39 is 23.1 Å². The van der Waals surface area contributed by atoms with Crippen LogP contribution < -0.4 is 4.74 Å². The first kappa shape index (κ1) is 18.6. The summed E-state index contributed by atoms with van der Waals surface area (Å²) in [5.41, 5.74) is -0.0365. The quantitative estimate of drug-likeness (QED) is 0.629. The molecule has 3 saturated carbocycles. The van der Waals surface area contributed by atoms with Gasteiger partial charge < -0.3 is 4.74 Å². The number of halogens is 3. The number of ether oxygens (including phenoxy) is 1. The van der Waals surface area contributed by atoms with Crippen LogP contribution in [0.1, 0.15) is 37.3 Å². The fraction of sp³-hybridized carbons (Fsp3) is 0.400. The predicted molar refractivity (Wildman–Crippen MR) is 103 cm³/mol. The van der Waals surface area contributed by atoms with E-state index in [0.717, 1.165) is 25.3 Å². The Morgan fingerprint density at radius 1 is 1.17 bits per heavy atom. The summed E-state index contributed by atoms with van der Waals surface area (Å²) in [6.45, 7) is 0.493. The number of hydrazone groups is 1. The average molecular weight is 463 g/mol. The minimum atomic E-state index is -0.655. The zero-order valence-electron chi connectivity index (χ0n) is 15.3. The molecule has 1 aromatic carbocycles. The summed E-state index contributed by atoms with van der Waals surface area (Å²) in [6.07, 6.45) is 5.67. The lowest BCUT2D eigenvalue weighted by atomic mass is 9.35. The molecule has 0 saturated heterocycles. The lowest BCUT2D eigenvalue weighted by molar-refractivity contribution is -0.227. The van der Waals surface area contributed by atoms with Crippen molar-refractivity contribution in [3.05, 3.63) is 52.4 Å². The fourth-order valence-electron chi connectivity index (χ4n) is 4.90. The van der Waals surface area contributed by atoms with Crippen LogP contribution in [0.4, 0.5) is 8.78 Å². The van der Waals surface area contributed by atoms with Gasteiger partial charge in [0.2, 0.25) is 11.8 Å². The number of hydrogen-bond acceptors (Lipinski definition) is 5. The molecule has 2 aromatic rings. The molecule has 4 aliphatic rings. The molecule has 3 aliphatic carbocycles. The van der Waals surface area contributed by atoms with Gasteiger partial charge in [-0.2, -0.15) is 5.10 Å². The molecular weight excluding hydrogens is 446 g/mol. The van der Waals surface area contributed by atoms with Gasteiger partial charge in [-0.25, -0.2) is 23.8 Å². The summed E-state index contributed by atoms with van der Waals surface area (Å²) in [7, 11) is 0. The Morgan fingerprint density at radius 3 is 2.59 bits per heavy atom. The van der Waals surface area contributed by atoms with E-state index >= 15 is 0 Å². The van der Waals surface area contributed by atoms with E-state index in [9.17, 15) is 13.6 Å². The number of carbonyl (C=O) groups excluding carboxylic acids is 1. The van der Waals surface area contributed by atoms with Crippen LogP contribution in [0, 0.1) is 22.5 Å². The van der Waals surface area contributed by atoms with Crippen LogP contribution >= 0.6 is 15.9 Å². The maximum atomic E-state index is 13.6. The van der Waals surface area contributed by atoms with E-state index in [0.29, 0.717) is 29.1 Å². The van der Waals surface area contributed by atoms with Crippen LogP contribution in [0.15, 0.2) is 40.3 Å². The van der Waals surface area contributed by atoms with Gasteiger partial charge in [-0.15, -0.1) is 0 Å². The molecule has 3 fully saturated rings. The van der Waals surface area contributed by atoms with E-state index in [-0.39, 0.29) is 11.3 Å². The van der Waals surface area contributed by atoms with Gasteiger partial charge in [-0.1, -0.05) is 0 Å². The molecule has 1 atom stereocenters. The zero-order chi connectivity index (χ0) is 20.2. The highest BCUT2D eigenvalue weighted by Crippen LogP contribution is 2.74. The first-order chi connectivity index (χ1) is 13.9. The molecule has 9 heteroatoms. The maximum Gasteiger partial charge on any atom is 0.249 e. The molecular formula is C20H17BrF2N4O2. The Labute approximate surface area is 174 Å². The Kier molecular flexibility index (Phi) is 4.20. The molecule has 0 N–H and O–H groups in total. The summed E-state index contributed by atoms with van der Waals surface area (Å²) in [5, 5.41) is 5.61. The molecule has 1 amide bonds. The number of carbonyl (C=O) groups is 1. The molecule has 6 rings (SSSR count). The highest BCUT2D eigenvalue weighted by molar-refractivity contribution is 9.10. The number of aromatic nitrogens is 2. The smallest absolute Gasteiger partial charge is 0.249 e. The van der Waals surface area contributed by atoms with Crippen molar-refractivity contribution in [2.75, 3.05) is 6.61 Å². The van der Waals surface area contributed by atoms with Gasteiger partial charge in [0.25, 0.3) is 0 Å².